The first-order valence-corrected chi connectivity index (χ1v) is 5.78. The molecule has 0 radical (unpaired) electrons. The fraction of sp³-hybridized carbons (Fsp3) is 0.143. The molecular weight excluding hydrogens is 260 g/mol. The van der Waals surface area contributed by atoms with E-state index in [1.165, 1.54) is 19.2 Å². The van der Waals surface area contributed by atoms with Crippen LogP contribution in [0.1, 0.15) is 21.9 Å². The van der Waals surface area contributed by atoms with Gasteiger partial charge >= 0.3 is 5.97 Å². The zero-order valence-electron chi connectivity index (χ0n) is 10.7. The van der Waals surface area contributed by atoms with Crippen LogP contribution in [-0.2, 0) is 6.54 Å². The summed E-state index contributed by atoms with van der Waals surface area (Å²) >= 11 is 0. The maximum Gasteiger partial charge on any atom is 0.335 e. The Balaban J connectivity index is 2.17. The molecule has 2 N–H and O–H groups in total. The Morgan fingerprint density at radius 1 is 1.45 bits per heavy atom. The van der Waals surface area contributed by atoms with Crippen molar-refractivity contribution in [3.8, 4) is 11.8 Å². The summed E-state index contributed by atoms with van der Waals surface area (Å²) in [5.74, 6) is 0.319. The normalized spacial score (nSPS) is 9.80. The van der Waals surface area contributed by atoms with Crippen molar-refractivity contribution < 1.29 is 19.1 Å². The fourth-order valence-electron chi connectivity index (χ4n) is 1.69. The third kappa shape index (κ3) is 2.90. The first-order chi connectivity index (χ1) is 9.63. The topological polar surface area (TPSA) is 95.5 Å². The monoisotopic (exact) mass is 272 g/mol. The van der Waals surface area contributed by atoms with Gasteiger partial charge in [0.15, 0.2) is 0 Å². The SMILES string of the molecule is COc1ccc(C(=O)O)cc1NCc1ccc(C#N)o1. The van der Waals surface area contributed by atoms with Crippen molar-refractivity contribution in [3.63, 3.8) is 0 Å². The van der Waals surface area contributed by atoms with Gasteiger partial charge in [-0.15, -0.1) is 0 Å². The molecule has 0 bridgehead atoms. The number of carbonyl (C=O) groups is 1. The Hall–Kier alpha value is -2.94. The van der Waals surface area contributed by atoms with Gasteiger partial charge in [-0.3, -0.25) is 0 Å². The molecule has 20 heavy (non-hydrogen) atoms. The molecule has 0 fully saturated rings. The van der Waals surface area contributed by atoms with Crippen molar-refractivity contribution in [1.29, 1.82) is 5.26 Å². The van der Waals surface area contributed by atoms with Crippen LogP contribution >= 0.6 is 0 Å². The number of hydrogen-bond donors (Lipinski definition) is 2. The summed E-state index contributed by atoms with van der Waals surface area (Å²) < 4.78 is 10.4. The third-order valence-electron chi connectivity index (χ3n) is 2.67. The van der Waals surface area contributed by atoms with E-state index >= 15 is 0 Å². The summed E-state index contributed by atoms with van der Waals surface area (Å²) in [6, 6.07) is 9.67. The minimum Gasteiger partial charge on any atom is -0.495 e. The van der Waals surface area contributed by atoms with Crippen molar-refractivity contribution in [2.24, 2.45) is 0 Å². The number of methoxy groups -OCH3 is 1. The van der Waals surface area contributed by atoms with Gasteiger partial charge in [0.2, 0.25) is 5.76 Å². The Morgan fingerprint density at radius 3 is 2.85 bits per heavy atom. The maximum absolute atomic E-state index is 10.9. The predicted octanol–water partition coefficient (Wildman–Crippen LogP) is 2.47. The molecule has 1 aromatic heterocycles. The zero-order valence-corrected chi connectivity index (χ0v) is 10.7. The van der Waals surface area contributed by atoms with E-state index < -0.39 is 5.97 Å². The number of anilines is 1. The number of carboxylic acids is 1. The molecule has 0 amide bonds. The molecule has 0 saturated heterocycles. The lowest BCUT2D eigenvalue weighted by atomic mass is 10.2. The van der Waals surface area contributed by atoms with Crippen LogP contribution in [0.2, 0.25) is 0 Å². The number of nitrogens with one attached hydrogen (secondary N) is 1. The highest BCUT2D eigenvalue weighted by Crippen LogP contribution is 2.26. The standard InChI is InChI=1S/C14H12N2O4/c1-19-13-5-2-9(14(17)18)6-12(13)16-8-11-4-3-10(7-15)20-11/h2-6,16H,8H2,1H3,(H,17,18). The van der Waals surface area contributed by atoms with Crippen LogP contribution in [0.4, 0.5) is 5.69 Å². The van der Waals surface area contributed by atoms with Gasteiger partial charge in [-0.25, -0.2) is 4.79 Å². The van der Waals surface area contributed by atoms with Crippen LogP contribution in [0.3, 0.4) is 0 Å². The molecule has 6 heteroatoms. The van der Waals surface area contributed by atoms with E-state index in [0.717, 1.165) is 0 Å². The molecule has 0 aliphatic heterocycles. The van der Waals surface area contributed by atoms with Gasteiger partial charge in [-0.05, 0) is 30.3 Å². The predicted molar refractivity (Wildman–Crippen MR) is 70.7 cm³/mol. The summed E-state index contributed by atoms with van der Waals surface area (Å²) in [5.41, 5.74) is 0.702. The minimum absolute atomic E-state index is 0.158. The lowest BCUT2D eigenvalue weighted by Crippen LogP contribution is -2.03. The second-order valence-corrected chi connectivity index (χ2v) is 3.95. The van der Waals surface area contributed by atoms with E-state index in [4.69, 9.17) is 19.5 Å². The number of carboxylic acid groups (broad SMARTS) is 1. The first kappa shape index (κ1) is 13.5. The van der Waals surface area contributed by atoms with E-state index in [1.54, 1.807) is 18.2 Å². The molecule has 2 rings (SSSR count). The van der Waals surface area contributed by atoms with E-state index in [2.05, 4.69) is 5.32 Å². The van der Waals surface area contributed by atoms with Crippen LogP contribution in [-0.4, -0.2) is 18.2 Å². The molecule has 0 saturated carbocycles. The second-order valence-electron chi connectivity index (χ2n) is 3.95. The average Bonchev–Trinajstić information content (AvgIpc) is 2.92. The highest BCUT2D eigenvalue weighted by molar-refractivity contribution is 5.89. The average molecular weight is 272 g/mol. The van der Waals surface area contributed by atoms with Crippen molar-refractivity contribution in [3.05, 3.63) is 47.4 Å². The van der Waals surface area contributed by atoms with E-state index in [9.17, 15) is 4.79 Å². The number of ether oxygens (including phenoxy) is 1. The molecule has 0 atom stereocenters. The van der Waals surface area contributed by atoms with Crippen LogP contribution < -0.4 is 10.1 Å². The Bertz CT molecular complexity index is 670. The highest BCUT2D eigenvalue weighted by atomic mass is 16.5. The molecule has 0 unspecified atom stereocenters. The Labute approximate surface area is 115 Å². The van der Waals surface area contributed by atoms with Crippen LogP contribution in [0.15, 0.2) is 34.7 Å². The van der Waals surface area contributed by atoms with Crippen molar-refractivity contribution in [1.82, 2.24) is 0 Å². The molecule has 6 nitrogen and oxygen atoms in total. The Morgan fingerprint density at radius 2 is 2.25 bits per heavy atom. The molecule has 0 spiro atoms. The van der Waals surface area contributed by atoms with E-state index in [1.807, 2.05) is 6.07 Å². The summed E-state index contributed by atoms with van der Waals surface area (Å²) in [6.45, 7) is 0.321. The van der Waals surface area contributed by atoms with Gasteiger partial charge < -0.3 is 19.6 Å². The quantitative estimate of drug-likeness (QED) is 0.868. The fourth-order valence-corrected chi connectivity index (χ4v) is 1.69. The lowest BCUT2D eigenvalue weighted by molar-refractivity contribution is 0.0697. The third-order valence-corrected chi connectivity index (χ3v) is 2.67. The van der Waals surface area contributed by atoms with Gasteiger partial charge in [-0.2, -0.15) is 5.26 Å². The van der Waals surface area contributed by atoms with E-state index in [0.29, 0.717) is 23.7 Å². The van der Waals surface area contributed by atoms with Crippen molar-refractivity contribution >= 4 is 11.7 Å². The van der Waals surface area contributed by atoms with Gasteiger partial charge in [0.05, 0.1) is 24.9 Å². The molecular formula is C14H12N2O4. The van der Waals surface area contributed by atoms with Crippen LogP contribution in [0.5, 0.6) is 5.75 Å². The number of furan rings is 1. The van der Waals surface area contributed by atoms with Gasteiger partial charge in [0, 0.05) is 0 Å². The molecule has 2 aromatic rings. The van der Waals surface area contributed by atoms with Gasteiger partial charge in [-0.1, -0.05) is 0 Å². The smallest absolute Gasteiger partial charge is 0.335 e. The van der Waals surface area contributed by atoms with Gasteiger partial charge in [0.25, 0.3) is 0 Å². The Kier molecular flexibility index (Phi) is 3.91. The number of nitrogens with zero attached hydrogens (tertiary/aromatic N) is 1. The summed E-state index contributed by atoms with van der Waals surface area (Å²) in [6.07, 6.45) is 0. The number of rotatable bonds is 5. The van der Waals surface area contributed by atoms with Crippen molar-refractivity contribution in [2.45, 2.75) is 6.54 Å². The van der Waals surface area contributed by atoms with E-state index in [-0.39, 0.29) is 11.3 Å². The van der Waals surface area contributed by atoms with Crippen LogP contribution in [0.25, 0.3) is 0 Å². The maximum atomic E-state index is 10.9. The lowest BCUT2D eigenvalue weighted by Gasteiger charge is -2.10. The molecule has 1 heterocycles. The largest absolute Gasteiger partial charge is 0.495 e. The zero-order chi connectivity index (χ0) is 14.5. The van der Waals surface area contributed by atoms with Gasteiger partial charge in [0.1, 0.15) is 17.6 Å². The first-order valence-electron chi connectivity index (χ1n) is 5.78. The number of hydrogen-bond acceptors (Lipinski definition) is 5. The second kappa shape index (κ2) is 5.80. The van der Waals surface area contributed by atoms with Crippen LogP contribution in [0, 0.1) is 11.3 Å². The number of benzene rings is 1. The minimum atomic E-state index is -1.01. The molecule has 0 aliphatic carbocycles. The summed E-state index contributed by atoms with van der Waals surface area (Å²) in [7, 11) is 1.50. The molecule has 0 aliphatic rings. The molecule has 1 aromatic carbocycles. The number of nitriles is 1. The molecule has 102 valence electrons. The summed E-state index contributed by atoms with van der Waals surface area (Å²) in [4.78, 5) is 10.9. The summed E-state index contributed by atoms with van der Waals surface area (Å²) in [5, 5.41) is 20.7. The highest BCUT2D eigenvalue weighted by Gasteiger charge is 2.09. The van der Waals surface area contributed by atoms with Crippen molar-refractivity contribution in [2.75, 3.05) is 12.4 Å². The number of aromatic carboxylic acids is 1.